The maximum atomic E-state index is 11.7. The number of hydrogen-bond acceptors (Lipinski definition) is 5. The van der Waals surface area contributed by atoms with Gasteiger partial charge in [0.1, 0.15) is 6.29 Å². The average molecular weight is 238 g/mol. The summed E-state index contributed by atoms with van der Waals surface area (Å²) >= 11 is 0. The molecule has 0 unspecified atom stereocenters. The van der Waals surface area contributed by atoms with Gasteiger partial charge in [-0.1, -0.05) is 0 Å². The van der Waals surface area contributed by atoms with Gasteiger partial charge in [-0.2, -0.15) is 0 Å². The first-order valence-corrected chi connectivity index (χ1v) is 4.56. The molecule has 1 aromatic rings. The van der Waals surface area contributed by atoms with Gasteiger partial charge in [0, 0.05) is 30.3 Å². The summed E-state index contributed by atoms with van der Waals surface area (Å²) in [6.45, 7) is 0. The number of nitro groups is 1. The summed E-state index contributed by atoms with van der Waals surface area (Å²) in [7, 11) is 2.65. The van der Waals surface area contributed by atoms with Crippen molar-refractivity contribution in [3.8, 4) is 0 Å². The van der Waals surface area contributed by atoms with Gasteiger partial charge in [-0.3, -0.25) is 24.5 Å². The number of non-ortho nitro benzene ring substituents is 1. The molecule has 0 aliphatic rings. The number of carbonyl (C=O) groups excluding carboxylic acids is 2. The molecule has 0 bridgehead atoms. The summed E-state index contributed by atoms with van der Waals surface area (Å²) in [6, 6.07) is 3.44. The molecule has 1 amide bonds. The third-order valence-corrected chi connectivity index (χ3v) is 2.09. The van der Waals surface area contributed by atoms with Crippen LogP contribution in [0.5, 0.6) is 0 Å². The molecule has 0 fully saturated rings. The molecule has 1 rings (SSSR count). The predicted octanol–water partition coefficient (Wildman–Crippen LogP) is 1.04. The minimum absolute atomic E-state index is 0.0191. The van der Waals surface area contributed by atoms with E-state index in [2.05, 4.69) is 4.84 Å². The monoisotopic (exact) mass is 238 g/mol. The molecule has 0 atom stereocenters. The Morgan fingerprint density at radius 3 is 2.59 bits per heavy atom. The second-order valence-corrected chi connectivity index (χ2v) is 3.17. The number of benzene rings is 1. The summed E-state index contributed by atoms with van der Waals surface area (Å²) in [6.07, 6.45) is 0.441. The van der Waals surface area contributed by atoms with Gasteiger partial charge in [0.05, 0.1) is 12.0 Å². The molecule has 7 nitrogen and oxygen atoms in total. The van der Waals surface area contributed by atoms with E-state index < -0.39 is 10.8 Å². The Bertz CT molecular complexity index is 472. The number of carbonyl (C=O) groups is 2. The lowest BCUT2D eigenvalue weighted by Gasteiger charge is -2.13. The minimum Gasteiger partial charge on any atom is -0.298 e. The highest BCUT2D eigenvalue weighted by atomic mass is 16.7. The fraction of sp³-hybridized carbons (Fsp3) is 0.200. The second-order valence-electron chi connectivity index (χ2n) is 3.17. The fourth-order valence-corrected chi connectivity index (χ4v) is 1.20. The lowest BCUT2D eigenvalue weighted by molar-refractivity contribution is -0.384. The van der Waals surface area contributed by atoms with Gasteiger partial charge in [0.25, 0.3) is 11.6 Å². The van der Waals surface area contributed by atoms with Crippen LogP contribution in [-0.4, -0.2) is 36.3 Å². The maximum absolute atomic E-state index is 11.7. The minimum atomic E-state index is -0.670. The van der Waals surface area contributed by atoms with E-state index in [1.54, 1.807) is 0 Å². The van der Waals surface area contributed by atoms with E-state index >= 15 is 0 Å². The first-order valence-electron chi connectivity index (χ1n) is 4.56. The van der Waals surface area contributed by atoms with Crippen molar-refractivity contribution >= 4 is 17.9 Å². The second kappa shape index (κ2) is 5.17. The molecule has 0 aliphatic carbocycles. The van der Waals surface area contributed by atoms with Crippen LogP contribution in [0.3, 0.4) is 0 Å². The molecule has 1 aromatic carbocycles. The first kappa shape index (κ1) is 12.8. The van der Waals surface area contributed by atoms with Crippen molar-refractivity contribution < 1.29 is 19.3 Å². The van der Waals surface area contributed by atoms with Gasteiger partial charge in [-0.05, 0) is 6.07 Å². The van der Waals surface area contributed by atoms with E-state index in [-0.39, 0.29) is 16.8 Å². The summed E-state index contributed by atoms with van der Waals surface area (Å²) in [5.74, 6) is -0.570. The van der Waals surface area contributed by atoms with Crippen LogP contribution >= 0.6 is 0 Å². The molecule has 0 aliphatic heterocycles. The summed E-state index contributed by atoms with van der Waals surface area (Å²) in [5.41, 5.74) is -0.236. The number of nitrogens with zero attached hydrogens (tertiary/aromatic N) is 2. The van der Waals surface area contributed by atoms with Crippen molar-refractivity contribution in [3.63, 3.8) is 0 Å². The number of hydroxylamine groups is 2. The van der Waals surface area contributed by atoms with Gasteiger partial charge < -0.3 is 0 Å². The number of amides is 1. The lowest BCUT2D eigenvalue weighted by atomic mass is 10.1. The van der Waals surface area contributed by atoms with Gasteiger partial charge in [-0.25, -0.2) is 5.06 Å². The summed E-state index contributed by atoms with van der Waals surface area (Å²) in [5, 5.41) is 11.5. The van der Waals surface area contributed by atoms with Gasteiger partial charge >= 0.3 is 0 Å². The van der Waals surface area contributed by atoms with Crippen LogP contribution in [0.2, 0.25) is 0 Å². The zero-order valence-electron chi connectivity index (χ0n) is 9.25. The van der Waals surface area contributed by atoms with Crippen LogP contribution < -0.4 is 0 Å². The molecule has 0 spiro atoms. The normalized spacial score (nSPS) is 9.76. The van der Waals surface area contributed by atoms with Crippen LogP contribution in [-0.2, 0) is 4.84 Å². The Labute approximate surface area is 96.7 Å². The van der Waals surface area contributed by atoms with E-state index in [0.29, 0.717) is 6.29 Å². The number of rotatable bonds is 4. The Hall–Kier alpha value is -2.28. The predicted molar refractivity (Wildman–Crippen MR) is 57.6 cm³/mol. The van der Waals surface area contributed by atoms with Crippen molar-refractivity contribution in [2.75, 3.05) is 14.2 Å². The Morgan fingerprint density at radius 2 is 2.12 bits per heavy atom. The molecule has 17 heavy (non-hydrogen) atoms. The van der Waals surface area contributed by atoms with Crippen LogP contribution in [0.25, 0.3) is 0 Å². The molecule has 0 radical (unpaired) electrons. The molecule has 0 saturated carbocycles. The Kier molecular flexibility index (Phi) is 3.89. The Morgan fingerprint density at radius 1 is 1.47 bits per heavy atom. The highest BCUT2D eigenvalue weighted by Crippen LogP contribution is 2.17. The molecular formula is C10H10N2O5. The van der Waals surface area contributed by atoms with Crippen LogP contribution in [0.1, 0.15) is 20.7 Å². The number of nitro benzene ring substituents is 1. The van der Waals surface area contributed by atoms with Crippen molar-refractivity contribution in [3.05, 3.63) is 39.4 Å². The molecule has 0 aromatic heterocycles. The molecule has 0 heterocycles. The van der Waals surface area contributed by atoms with Crippen molar-refractivity contribution in [2.45, 2.75) is 0 Å². The summed E-state index contributed by atoms with van der Waals surface area (Å²) < 4.78 is 0. The van der Waals surface area contributed by atoms with Crippen LogP contribution in [0, 0.1) is 10.1 Å². The van der Waals surface area contributed by atoms with Crippen molar-refractivity contribution in [1.29, 1.82) is 0 Å². The quantitative estimate of drug-likeness (QED) is 0.444. The number of hydrogen-bond donors (Lipinski definition) is 0. The molecule has 7 heteroatoms. The van der Waals surface area contributed by atoms with Crippen molar-refractivity contribution in [2.24, 2.45) is 0 Å². The average Bonchev–Trinajstić information content (AvgIpc) is 2.36. The molecule has 0 N–H and O–H groups in total. The zero-order chi connectivity index (χ0) is 13.0. The van der Waals surface area contributed by atoms with Gasteiger partial charge in [0.15, 0.2) is 0 Å². The van der Waals surface area contributed by atoms with Crippen molar-refractivity contribution in [1.82, 2.24) is 5.06 Å². The van der Waals surface area contributed by atoms with E-state index in [1.165, 1.54) is 20.2 Å². The summed E-state index contributed by atoms with van der Waals surface area (Å²) in [4.78, 5) is 36.9. The van der Waals surface area contributed by atoms with Crippen LogP contribution in [0.4, 0.5) is 5.69 Å². The smallest absolute Gasteiger partial charge is 0.277 e. The highest BCUT2D eigenvalue weighted by molar-refractivity contribution is 5.96. The molecule has 90 valence electrons. The van der Waals surface area contributed by atoms with Gasteiger partial charge in [0.2, 0.25) is 0 Å². The van der Waals surface area contributed by atoms with E-state index in [4.69, 9.17) is 0 Å². The topological polar surface area (TPSA) is 89.8 Å². The van der Waals surface area contributed by atoms with E-state index in [9.17, 15) is 19.7 Å². The van der Waals surface area contributed by atoms with Crippen LogP contribution in [0.15, 0.2) is 18.2 Å². The molecule has 0 saturated heterocycles. The van der Waals surface area contributed by atoms with E-state index in [1.807, 2.05) is 0 Å². The standard InChI is InChI=1S/C10H10N2O5/c1-11(17-2)10(14)8-3-7(6-13)4-9(5-8)12(15)16/h3-6H,1-2H3. The van der Waals surface area contributed by atoms with E-state index in [0.717, 1.165) is 17.2 Å². The third kappa shape index (κ3) is 2.85. The zero-order valence-corrected chi connectivity index (χ0v) is 9.25. The fourth-order valence-electron chi connectivity index (χ4n) is 1.20. The third-order valence-electron chi connectivity index (χ3n) is 2.09. The first-order chi connectivity index (χ1) is 7.99. The maximum Gasteiger partial charge on any atom is 0.277 e. The van der Waals surface area contributed by atoms with Gasteiger partial charge in [-0.15, -0.1) is 0 Å². The largest absolute Gasteiger partial charge is 0.298 e. The SMILES string of the molecule is CON(C)C(=O)c1cc(C=O)cc([N+](=O)[O-])c1. The highest BCUT2D eigenvalue weighted by Gasteiger charge is 2.17. The number of aldehydes is 1. The lowest BCUT2D eigenvalue weighted by Crippen LogP contribution is -2.25. The molecular weight excluding hydrogens is 228 g/mol. The Balaban J connectivity index is 3.24.